The van der Waals surface area contributed by atoms with Crippen molar-refractivity contribution in [3.8, 4) is 0 Å². The Hall–Kier alpha value is -0.0400. The first-order valence-electron chi connectivity index (χ1n) is 5.82. The Kier molecular flexibility index (Phi) is 2.39. The van der Waals surface area contributed by atoms with Gasteiger partial charge in [0.2, 0.25) is 0 Å². The van der Waals surface area contributed by atoms with Crippen LogP contribution in [0.2, 0.25) is 0 Å². The van der Waals surface area contributed by atoms with E-state index in [0.717, 1.165) is 11.8 Å². The van der Waals surface area contributed by atoms with Crippen molar-refractivity contribution in [1.82, 2.24) is 4.90 Å². The van der Waals surface area contributed by atoms with Crippen molar-refractivity contribution in [1.29, 1.82) is 0 Å². The van der Waals surface area contributed by atoms with E-state index in [-0.39, 0.29) is 0 Å². The molecule has 1 heterocycles. The number of hydrogen-bond donors (Lipinski definition) is 0. The van der Waals surface area contributed by atoms with Gasteiger partial charge in [0.25, 0.3) is 0 Å². The Morgan fingerprint density at radius 2 is 1.69 bits per heavy atom. The summed E-state index contributed by atoms with van der Waals surface area (Å²) in [6, 6.07) is 0. The van der Waals surface area contributed by atoms with Crippen molar-refractivity contribution < 1.29 is 0 Å². The third kappa shape index (κ3) is 1.90. The van der Waals surface area contributed by atoms with Gasteiger partial charge < -0.3 is 0 Å². The minimum absolute atomic E-state index is 0.393. The molecule has 1 heteroatoms. The smallest absolute Gasteiger partial charge is 0.0125 e. The molecule has 1 saturated carbocycles. The van der Waals surface area contributed by atoms with E-state index in [9.17, 15) is 0 Å². The molecule has 0 N–H and O–H groups in total. The lowest BCUT2D eigenvalue weighted by atomic mass is 9.72. The van der Waals surface area contributed by atoms with Gasteiger partial charge in [0, 0.05) is 12.1 Å². The third-order valence-corrected chi connectivity index (χ3v) is 3.98. The lowest BCUT2D eigenvalue weighted by Crippen LogP contribution is -2.45. The average molecular weight is 181 g/mol. The van der Waals surface area contributed by atoms with Crippen LogP contribution in [-0.4, -0.2) is 23.5 Å². The van der Waals surface area contributed by atoms with Gasteiger partial charge in [0.15, 0.2) is 0 Å². The van der Waals surface area contributed by atoms with Crippen molar-refractivity contribution in [2.75, 3.05) is 13.1 Å². The molecule has 2 fully saturated rings. The Morgan fingerprint density at radius 1 is 1.00 bits per heavy atom. The summed E-state index contributed by atoms with van der Waals surface area (Å²) >= 11 is 0. The minimum Gasteiger partial charge on any atom is -0.298 e. The molecular weight excluding hydrogens is 158 g/mol. The van der Waals surface area contributed by atoms with Gasteiger partial charge in [0.1, 0.15) is 0 Å². The summed E-state index contributed by atoms with van der Waals surface area (Å²) in [6.45, 7) is 9.76. The minimum atomic E-state index is 0.393. The standard InChI is InChI=1S/C12H23N/c1-12(2,3)13-8-4-5-10-6-7-11(10)9-13/h10-11H,4-9H2,1-3H3. The highest BCUT2D eigenvalue weighted by molar-refractivity contribution is 4.89. The van der Waals surface area contributed by atoms with Gasteiger partial charge in [-0.15, -0.1) is 0 Å². The molecule has 0 spiro atoms. The molecule has 0 bridgehead atoms. The molecular formula is C12H23N. The van der Waals surface area contributed by atoms with Crippen LogP contribution < -0.4 is 0 Å². The Bertz CT molecular complexity index is 180. The maximum Gasteiger partial charge on any atom is 0.0125 e. The summed E-state index contributed by atoms with van der Waals surface area (Å²) in [7, 11) is 0. The van der Waals surface area contributed by atoms with Crippen LogP contribution in [0.3, 0.4) is 0 Å². The van der Waals surface area contributed by atoms with Crippen LogP contribution in [0.15, 0.2) is 0 Å². The predicted octanol–water partition coefficient (Wildman–Crippen LogP) is 2.91. The van der Waals surface area contributed by atoms with E-state index < -0.39 is 0 Å². The van der Waals surface area contributed by atoms with Crippen LogP contribution in [-0.2, 0) is 0 Å². The van der Waals surface area contributed by atoms with Gasteiger partial charge in [-0.1, -0.05) is 0 Å². The molecule has 0 aromatic heterocycles. The van der Waals surface area contributed by atoms with E-state index >= 15 is 0 Å². The van der Waals surface area contributed by atoms with E-state index in [0.29, 0.717) is 5.54 Å². The fraction of sp³-hybridized carbons (Fsp3) is 1.00. The second kappa shape index (κ2) is 3.27. The number of hydrogen-bond acceptors (Lipinski definition) is 1. The normalized spacial score (nSPS) is 36.2. The van der Waals surface area contributed by atoms with Crippen LogP contribution in [0.5, 0.6) is 0 Å². The lowest BCUT2D eigenvalue weighted by Gasteiger charge is -2.41. The highest BCUT2D eigenvalue weighted by atomic mass is 15.2. The highest BCUT2D eigenvalue weighted by Crippen LogP contribution is 2.41. The van der Waals surface area contributed by atoms with E-state index in [1.807, 2.05) is 0 Å². The molecule has 1 aliphatic heterocycles. The van der Waals surface area contributed by atoms with E-state index in [2.05, 4.69) is 25.7 Å². The topological polar surface area (TPSA) is 3.24 Å². The van der Waals surface area contributed by atoms with E-state index in [4.69, 9.17) is 0 Å². The van der Waals surface area contributed by atoms with E-state index in [1.165, 1.54) is 38.8 Å². The molecule has 1 nitrogen and oxygen atoms in total. The van der Waals surface area contributed by atoms with Crippen molar-refractivity contribution in [2.24, 2.45) is 11.8 Å². The number of likely N-dealkylation sites (tertiary alicyclic amines) is 1. The third-order valence-electron chi connectivity index (χ3n) is 3.98. The van der Waals surface area contributed by atoms with Crippen molar-refractivity contribution in [2.45, 2.75) is 52.0 Å². The van der Waals surface area contributed by atoms with Crippen LogP contribution in [0.4, 0.5) is 0 Å². The predicted molar refractivity (Wildman–Crippen MR) is 56.8 cm³/mol. The first-order chi connectivity index (χ1) is 6.07. The molecule has 76 valence electrons. The largest absolute Gasteiger partial charge is 0.298 e. The molecule has 2 unspecified atom stereocenters. The SMILES string of the molecule is CC(C)(C)N1CCCC2CCC2C1. The molecule has 2 aliphatic rings. The van der Waals surface area contributed by atoms with Crippen LogP contribution in [0.25, 0.3) is 0 Å². The van der Waals surface area contributed by atoms with Gasteiger partial charge in [-0.3, -0.25) is 4.90 Å². The molecule has 1 saturated heterocycles. The number of rotatable bonds is 0. The van der Waals surface area contributed by atoms with Crippen molar-refractivity contribution >= 4 is 0 Å². The maximum absolute atomic E-state index is 2.69. The Balaban J connectivity index is 1.98. The summed E-state index contributed by atoms with van der Waals surface area (Å²) in [6.07, 6.45) is 5.94. The second-order valence-corrected chi connectivity index (χ2v) is 5.86. The van der Waals surface area contributed by atoms with Gasteiger partial charge in [-0.05, 0) is 64.8 Å². The van der Waals surface area contributed by atoms with Crippen molar-refractivity contribution in [3.05, 3.63) is 0 Å². The molecule has 0 radical (unpaired) electrons. The average Bonchev–Trinajstić information content (AvgIpc) is 2.10. The van der Waals surface area contributed by atoms with E-state index in [1.54, 1.807) is 0 Å². The summed E-state index contributed by atoms with van der Waals surface area (Å²) in [4.78, 5) is 2.69. The highest BCUT2D eigenvalue weighted by Gasteiger charge is 2.36. The molecule has 2 rings (SSSR count). The Labute approximate surface area is 82.5 Å². The van der Waals surface area contributed by atoms with Gasteiger partial charge in [-0.2, -0.15) is 0 Å². The fourth-order valence-corrected chi connectivity index (χ4v) is 2.79. The molecule has 2 atom stereocenters. The summed E-state index contributed by atoms with van der Waals surface area (Å²) < 4.78 is 0. The van der Waals surface area contributed by atoms with Gasteiger partial charge >= 0.3 is 0 Å². The van der Waals surface area contributed by atoms with Crippen molar-refractivity contribution in [3.63, 3.8) is 0 Å². The summed E-state index contributed by atoms with van der Waals surface area (Å²) in [5.74, 6) is 2.13. The summed E-state index contributed by atoms with van der Waals surface area (Å²) in [5.41, 5.74) is 0.393. The molecule has 0 amide bonds. The fourth-order valence-electron chi connectivity index (χ4n) is 2.79. The zero-order valence-electron chi connectivity index (χ0n) is 9.34. The molecule has 0 aromatic rings. The zero-order valence-corrected chi connectivity index (χ0v) is 9.34. The quantitative estimate of drug-likeness (QED) is 0.555. The van der Waals surface area contributed by atoms with Crippen LogP contribution in [0.1, 0.15) is 46.5 Å². The molecule has 1 aliphatic carbocycles. The first kappa shape index (κ1) is 9.51. The summed E-state index contributed by atoms with van der Waals surface area (Å²) in [5, 5.41) is 0. The van der Waals surface area contributed by atoms with Crippen LogP contribution >= 0.6 is 0 Å². The van der Waals surface area contributed by atoms with Crippen LogP contribution in [0, 0.1) is 11.8 Å². The molecule has 0 aromatic carbocycles. The zero-order chi connectivity index (χ0) is 9.47. The first-order valence-corrected chi connectivity index (χ1v) is 5.82. The van der Waals surface area contributed by atoms with Gasteiger partial charge in [-0.25, -0.2) is 0 Å². The molecule has 13 heavy (non-hydrogen) atoms. The van der Waals surface area contributed by atoms with Gasteiger partial charge in [0.05, 0.1) is 0 Å². The monoisotopic (exact) mass is 181 g/mol. The number of nitrogens with zero attached hydrogens (tertiary/aromatic N) is 1. The Morgan fingerprint density at radius 3 is 2.23 bits per heavy atom. The maximum atomic E-state index is 2.69. The lowest BCUT2D eigenvalue weighted by molar-refractivity contribution is 0.0813. The number of fused-ring (bicyclic) bond motifs is 1. The second-order valence-electron chi connectivity index (χ2n) is 5.86.